The fourth-order valence-corrected chi connectivity index (χ4v) is 1.57. The number of aromatic nitrogens is 4. The average Bonchev–Trinajstić information content (AvgIpc) is 2.67. The molecule has 78 valence electrons. The lowest BCUT2D eigenvalue weighted by molar-refractivity contribution is 0.745. The van der Waals surface area contributed by atoms with Crippen molar-refractivity contribution in [1.29, 1.82) is 0 Å². The third-order valence-electron chi connectivity index (χ3n) is 1.90. The Bertz CT molecular complexity index is 465. The first-order valence-corrected chi connectivity index (χ1v) is 5.26. The van der Waals surface area contributed by atoms with Crippen LogP contribution in [0.2, 0.25) is 0 Å². The SMILES string of the molecule is CC(N)c1nc(-c2ncccc2Br)n[nH]1. The van der Waals surface area contributed by atoms with E-state index in [9.17, 15) is 0 Å². The van der Waals surface area contributed by atoms with Crippen molar-refractivity contribution in [2.45, 2.75) is 13.0 Å². The minimum Gasteiger partial charge on any atom is -0.322 e. The molecular formula is C9H10BrN5. The van der Waals surface area contributed by atoms with E-state index < -0.39 is 0 Å². The average molecular weight is 268 g/mol. The number of halogens is 1. The molecule has 15 heavy (non-hydrogen) atoms. The summed E-state index contributed by atoms with van der Waals surface area (Å²) >= 11 is 3.39. The number of nitrogens with one attached hydrogen (secondary N) is 1. The van der Waals surface area contributed by atoms with Gasteiger partial charge in [0.2, 0.25) is 5.82 Å². The first-order valence-electron chi connectivity index (χ1n) is 4.47. The maximum atomic E-state index is 5.68. The number of hydrogen-bond donors (Lipinski definition) is 2. The second-order valence-electron chi connectivity index (χ2n) is 3.17. The molecule has 0 saturated carbocycles. The van der Waals surface area contributed by atoms with E-state index in [2.05, 4.69) is 36.1 Å². The van der Waals surface area contributed by atoms with Gasteiger partial charge in [-0.2, -0.15) is 5.10 Å². The summed E-state index contributed by atoms with van der Waals surface area (Å²) < 4.78 is 0.861. The highest BCUT2D eigenvalue weighted by Crippen LogP contribution is 2.22. The second kappa shape index (κ2) is 4.08. The Hall–Kier alpha value is -1.27. The Morgan fingerprint density at radius 2 is 2.33 bits per heavy atom. The predicted octanol–water partition coefficient (Wildman–Crippen LogP) is 1.65. The second-order valence-corrected chi connectivity index (χ2v) is 4.02. The molecule has 2 heterocycles. The van der Waals surface area contributed by atoms with Crippen molar-refractivity contribution >= 4 is 15.9 Å². The molecular weight excluding hydrogens is 258 g/mol. The summed E-state index contributed by atoms with van der Waals surface area (Å²) in [6.07, 6.45) is 1.70. The predicted molar refractivity (Wildman–Crippen MR) is 59.9 cm³/mol. The number of H-pyrrole nitrogens is 1. The van der Waals surface area contributed by atoms with Crippen LogP contribution in [0, 0.1) is 0 Å². The standard InChI is InChI=1S/C9H10BrN5/c1-5(11)8-13-9(15-14-8)7-6(10)3-2-4-12-7/h2-5H,11H2,1H3,(H,13,14,15). The van der Waals surface area contributed by atoms with Gasteiger partial charge in [-0.05, 0) is 35.0 Å². The number of rotatable bonds is 2. The van der Waals surface area contributed by atoms with Crippen molar-refractivity contribution in [1.82, 2.24) is 20.2 Å². The van der Waals surface area contributed by atoms with E-state index in [0.29, 0.717) is 17.3 Å². The van der Waals surface area contributed by atoms with Gasteiger partial charge in [0.1, 0.15) is 11.5 Å². The summed E-state index contributed by atoms with van der Waals surface area (Å²) in [5.41, 5.74) is 6.39. The molecule has 0 spiro atoms. The largest absolute Gasteiger partial charge is 0.322 e. The summed E-state index contributed by atoms with van der Waals surface area (Å²) in [6.45, 7) is 1.84. The molecule has 0 aliphatic carbocycles. The number of hydrogen-bond acceptors (Lipinski definition) is 4. The van der Waals surface area contributed by atoms with Crippen LogP contribution < -0.4 is 5.73 Å². The van der Waals surface area contributed by atoms with Crippen LogP contribution >= 0.6 is 15.9 Å². The molecule has 2 aromatic heterocycles. The van der Waals surface area contributed by atoms with Crippen LogP contribution in [0.1, 0.15) is 18.8 Å². The molecule has 0 amide bonds. The third-order valence-corrected chi connectivity index (χ3v) is 2.54. The lowest BCUT2D eigenvalue weighted by Crippen LogP contribution is -2.06. The van der Waals surface area contributed by atoms with Gasteiger partial charge >= 0.3 is 0 Å². The Kier molecular flexibility index (Phi) is 2.79. The van der Waals surface area contributed by atoms with Crippen LogP contribution in [0.5, 0.6) is 0 Å². The number of nitrogens with two attached hydrogens (primary N) is 1. The zero-order valence-corrected chi connectivity index (χ0v) is 9.69. The van der Waals surface area contributed by atoms with Gasteiger partial charge in [-0.25, -0.2) is 4.98 Å². The van der Waals surface area contributed by atoms with Gasteiger partial charge in [0.25, 0.3) is 0 Å². The number of pyridine rings is 1. The summed E-state index contributed by atoms with van der Waals surface area (Å²) in [4.78, 5) is 8.45. The van der Waals surface area contributed by atoms with E-state index in [-0.39, 0.29) is 6.04 Å². The maximum absolute atomic E-state index is 5.68. The maximum Gasteiger partial charge on any atom is 0.200 e. The van der Waals surface area contributed by atoms with Gasteiger partial charge in [-0.1, -0.05) is 0 Å². The van der Waals surface area contributed by atoms with Crippen molar-refractivity contribution in [3.8, 4) is 11.5 Å². The molecule has 0 bridgehead atoms. The lowest BCUT2D eigenvalue weighted by Gasteiger charge is -1.97. The minimum atomic E-state index is -0.159. The molecule has 0 aliphatic heterocycles. The lowest BCUT2D eigenvalue weighted by atomic mass is 10.3. The monoisotopic (exact) mass is 267 g/mol. The van der Waals surface area contributed by atoms with Gasteiger partial charge < -0.3 is 5.73 Å². The summed E-state index contributed by atoms with van der Waals surface area (Å²) in [6, 6.07) is 3.57. The van der Waals surface area contributed by atoms with Crippen molar-refractivity contribution in [3.63, 3.8) is 0 Å². The van der Waals surface area contributed by atoms with E-state index in [1.165, 1.54) is 0 Å². The molecule has 5 nitrogen and oxygen atoms in total. The van der Waals surface area contributed by atoms with Crippen LogP contribution in [-0.2, 0) is 0 Å². The van der Waals surface area contributed by atoms with E-state index >= 15 is 0 Å². The zero-order valence-electron chi connectivity index (χ0n) is 8.11. The van der Waals surface area contributed by atoms with Crippen LogP contribution in [0.3, 0.4) is 0 Å². The van der Waals surface area contributed by atoms with Crippen molar-refractivity contribution in [2.75, 3.05) is 0 Å². The van der Waals surface area contributed by atoms with E-state index in [0.717, 1.165) is 4.47 Å². The van der Waals surface area contributed by atoms with Crippen molar-refractivity contribution < 1.29 is 0 Å². The molecule has 1 unspecified atom stereocenters. The van der Waals surface area contributed by atoms with E-state index in [4.69, 9.17) is 5.73 Å². The van der Waals surface area contributed by atoms with Gasteiger partial charge in [0.05, 0.1) is 6.04 Å². The molecule has 0 radical (unpaired) electrons. The quantitative estimate of drug-likeness (QED) is 0.867. The molecule has 1 atom stereocenters. The van der Waals surface area contributed by atoms with Crippen LogP contribution in [0.15, 0.2) is 22.8 Å². The smallest absolute Gasteiger partial charge is 0.200 e. The topological polar surface area (TPSA) is 80.5 Å². The Balaban J connectivity index is 2.42. The van der Waals surface area contributed by atoms with E-state index in [1.807, 2.05) is 19.1 Å². The molecule has 2 rings (SSSR count). The van der Waals surface area contributed by atoms with Crippen molar-refractivity contribution in [2.24, 2.45) is 5.73 Å². The minimum absolute atomic E-state index is 0.159. The highest BCUT2D eigenvalue weighted by molar-refractivity contribution is 9.10. The zero-order chi connectivity index (χ0) is 10.8. The summed E-state index contributed by atoms with van der Waals surface area (Å²) in [7, 11) is 0. The Morgan fingerprint density at radius 1 is 1.53 bits per heavy atom. The summed E-state index contributed by atoms with van der Waals surface area (Å²) in [5.74, 6) is 1.21. The van der Waals surface area contributed by atoms with Gasteiger partial charge in [-0.3, -0.25) is 10.1 Å². The number of aromatic amines is 1. The highest BCUT2D eigenvalue weighted by Gasteiger charge is 2.11. The molecule has 0 fully saturated rings. The third kappa shape index (κ3) is 2.05. The van der Waals surface area contributed by atoms with E-state index in [1.54, 1.807) is 6.20 Å². The highest BCUT2D eigenvalue weighted by atomic mass is 79.9. The fourth-order valence-electron chi connectivity index (χ4n) is 1.13. The summed E-state index contributed by atoms with van der Waals surface area (Å²) in [5, 5.41) is 6.84. The molecule has 0 aromatic carbocycles. The molecule has 0 aliphatic rings. The molecule has 0 saturated heterocycles. The van der Waals surface area contributed by atoms with Gasteiger partial charge in [-0.15, -0.1) is 0 Å². The molecule has 2 aromatic rings. The Morgan fingerprint density at radius 3 is 2.93 bits per heavy atom. The molecule has 6 heteroatoms. The van der Waals surface area contributed by atoms with Crippen LogP contribution in [0.25, 0.3) is 11.5 Å². The first-order chi connectivity index (χ1) is 7.18. The Labute approximate surface area is 95.3 Å². The van der Waals surface area contributed by atoms with Crippen LogP contribution in [0.4, 0.5) is 0 Å². The fraction of sp³-hybridized carbons (Fsp3) is 0.222. The van der Waals surface area contributed by atoms with Crippen molar-refractivity contribution in [3.05, 3.63) is 28.6 Å². The van der Waals surface area contributed by atoms with Crippen LogP contribution in [-0.4, -0.2) is 20.2 Å². The molecule has 3 N–H and O–H groups in total. The van der Waals surface area contributed by atoms with Gasteiger partial charge in [0.15, 0.2) is 0 Å². The first kappa shape index (κ1) is 10.3. The number of nitrogens with zero attached hydrogens (tertiary/aromatic N) is 3. The van der Waals surface area contributed by atoms with Gasteiger partial charge in [0, 0.05) is 10.7 Å². The normalized spacial score (nSPS) is 12.7.